The van der Waals surface area contributed by atoms with Crippen molar-refractivity contribution in [3.8, 4) is 5.75 Å². The van der Waals surface area contributed by atoms with Crippen LogP contribution in [0, 0.1) is 6.92 Å². The smallest absolute Gasteiger partial charge is 0.419 e. The van der Waals surface area contributed by atoms with Crippen LogP contribution in [-0.2, 0) is 23.2 Å². The van der Waals surface area contributed by atoms with Gasteiger partial charge in [-0.25, -0.2) is 17.9 Å². The number of nitrogens with one attached hydrogen (secondary N) is 2. The third-order valence-corrected chi connectivity index (χ3v) is 7.28. The normalized spacial score (nSPS) is 19.0. The summed E-state index contributed by atoms with van der Waals surface area (Å²) in [5, 5.41) is 3.89. The van der Waals surface area contributed by atoms with E-state index < -0.39 is 39.1 Å². The maximum absolute atomic E-state index is 13.0. The summed E-state index contributed by atoms with van der Waals surface area (Å²) >= 11 is 0. The van der Waals surface area contributed by atoms with Gasteiger partial charge in [0, 0.05) is 25.4 Å². The van der Waals surface area contributed by atoms with Crippen LogP contribution in [0.5, 0.6) is 5.75 Å². The lowest BCUT2D eigenvalue weighted by Crippen LogP contribution is -2.45. The first-order valence-corrected chi connectivity index (χ1v) is 11.3. The highest BCUT2D eigenvalue weighted by Gasteiger charge is 2.39. The van der Waals surface area contributed by atoms with E-state index in [2.05, 4.69) is 14.8 Å². The van der Waals surface area contributed by atoms with Crippen molar-refractivity contribution in [3.05, 3.63) is 50.4 Å². The molecule has 0 saturated heterocycles. The van der Waals surface area contributed by atoms with Gasteiger partial charge in [-0.05, 0) is 25.8 Å². The molecule has 10 nitrogen and oxygen atoms in total. The average molecular weight is 487 g/mol. The van der Waals surface area contributed by atoms with E-state index in [-0.39, 0.29) is 46.1 Å². The molecule has 3 aromatic rings. The molecule has 2 aromatic heterocycles. The van der Waals surface area contributed by atoms with Gasteiger partial charge in [0.2, 0.25) is 10.0 Å². The van der Waals surface area contributed by atoms with Gasteiger partial charge >= 0.3 is 11.9 Å². The van der Waals surface area contributed by atoms with Gasteiger partial charge in [0.25, 0.3) is 5.56 Å². The molecule has 1 saturated carbocycles. The number of fused-ring (bicyclic) bond motifs is 1. The second kappa shape index (κ2) is 7.73. The highest BCUT2D eigenvalue weighted by molar-refractivity contribution is 7.89. The van der Waals surface area contributed by atoms with Crippen LogP contribution < -0.4 is 20.7 Å². The monoisotopic (exact) mass is 487 g/mol. The lowest BCUT2D eigenvalue weighted by atomic mass is 9.88. The van der Waals surface area contributed by atoms with Gasteiger partial charge in [0.15, 0.2) is 0 Å². The molecular weight excluding hydrogens is 467 g/mol. The lowest BCUT2D eigenvalue weighted by molar-refractivity contribution is -0.138. The van der Waals surface area contributed by atoms with Gasteiger partial charge in [0.05, 0.1) is 35.3 Å². The predicted molar refractivity (Wildman–Crippen MR) is 111 cm³/mol. The minimum absolute atomic E-state index is 0.0172. The molecule has 33 heavy (non-hydrogen) atoms. The molecule has 0 bridgehead atoms. The Hall–Kier alpha value is -3.13. The highest BCUT2D eigenvalue weighted by atomic mass is 32.2. The Morgan fingerprint density at radius 1 is 1.24 bits per heavy atom. The van der Waals surface area contributed by atoms with Crippen molar-refractivity contribution in [2.24, 2.45) is 7.05 Å². The molecule has 2 N–H and O–H groups in total. The largest absolute Gasteiger partial charge is 0.495 e. The van der Waals surface area contributed by atoms with Crippen molar-refractivity contribution in [1.82, 2.24) is 24.1 Å². The van der Waals surface area contributed by atoms with E-state index >= 15 is 0 Å². The van der Waals surface area contributed by atoms with Crippen molar-refractivity contribution >= 4 is 20.9 Å². The van der Waals surface area contributed by atoms with Crippen molar-refractivity contribution in [2.45, 2.75) is 42.9 Å². The fourth-order valence-electron chi connectivity index (χ4n) is 3.87. The standard InChI is InChI=1S/C19H20F3N5O5S/c1-9-13(19(20,21)22)8-27(24-9)11-4-10(5-11)25-33(30,31)16-6-12-14(7-15(16)32-3)26(2)18(29)23-17(12)28/h6-8,10-11,25H,4-5H2,1-3H3,(H,23,28,29). The van der Waals surface area contributed by atoms with E-state index in [4.69, 9.17) is 4.74 Å². The molecule has 14 heteroatoms. The number of halogens is 3. The topological polar surface area (TPSA) is 128 Å². The summed E-state index contributed by atoms with van der Waals surface area (Å²) in [5.41, 5.74) is -2.19. The number of aromatic nitrogens is 4. The van der Waals surface area contributed by atoms with Crippen LogP contribution in [0.15, 0.2) is 32.8 Å². The van der Waals surface area contributed by atoms with Crippen LogP contribution in [0.1, 0.15) is 30.1 Å². The molecule has 0 atom stereocenters. The van der Waals surface area contributed by atoms with Crippen LogP contribution in [0.25, 0.3) is 10.9 Å². The van der Waals surface area contributed by atoms with Crippen molar-refractivity contribution in [1.29, 1.82) is 0 Å². The Morgan fingerprint density at radius 3 is 2.48 bits per heavy atom. The first-order chi connectivity index (χ1) is 15.3. The Morgan fingerprint density at radius 2 is 1.91 bits per heavy atom. The molecule has 1 fully saturated rings. The Labute approximate surface area is 185 Å². The van der Waals surface area contributed by atoms with Crippen molar-refractivity contribution < 1.29 is 26.3 Å². The first kappa shape index (κ1) is 23.0. The second-order valence-corrected chi connectivity index (χ2v) is 9.57. The summed E-state index contributed by atoms with van der Waals surface area (Å²) in [6.45, 7) is 1.27. The van der Waals surface area contributed by atoms with Gasteiger partial charge in [-0.2, -0.15) is 18.3 Å². The Balaban J connectivity index is 1.58. The molecule has 1 aromatic carbocycles. The summed E-state index contributed by atoms with van der Waals surface area (Å²) < 4.78 is 75.0. The number of hydrogen-bond acceptors (Lipinski definition) is 6. The lowest BCUT2D eigenvalue weighted by Gasteiger charge is -2.35. The molecular formula is C19H20F3N5O5S. The molecule has 0 radical (unpaired) electrons. The molecule has 0 aliphatic heterocycles. The zero-order valence-corrected chi connectivity index (χ0v) is 18.5. The minimum Gasteiger partial charge on any atom is -0.495 e. The number of benzene rings is 1. The van der Waals surface area contributed by atoms with E-state index in [1.807, 2.05) is 0 Å². The molecule has 2 heterocycles. The molecule has 1 aliphatic carbocycles. The van der Waals surface area contributed by atoms with E-state index in [1.54, 1.807) is 0 Å². The fourth-order valence-corrected chi connectivity index (χ4v) is 5.30. The molecule has 0 unspecified atom stereocenters. The van der Waals surface area contributed by atoms with Gasteiger partial charge in [0.1, 0.15) is 10.6 Å². The van der Waals surface area contributed by atoms with Crippen LogP contribution in [-0.4, -0.2) is 40.9 Å². The minimum atomic E-state index is -4.51. The maximum atomic E-state index is 13.0. The summed E-state index contributed by atoms with van der Waals surface area (Å²) in [5.74, 6) is -0.0657. The SMILES string of the molecule is COc1cc2c(cc1S(=O)(=O)NC1CC(n3cc(C(F)(F)F)c(C)n3)C1)c(=O)[nH]c(=O)n2C. The number of sulfonamides is 1. The molecule has 178 valence electrons. The third-order valence-electron chi connectivity index (χ3n) is 5.73. The molecule has 0 spiro atoms. The van der Waals surface area contributed by atoms with Crippen LogP contribution in [0.3, 0.4) is 0 Å². The van der Waals surface area contributed by atoms with Crippen LogP contribution >= 0.6 is 0 Å². The Kier molecular flexibility index (Phi) is 5.40. The third kappa shape index (κ3) is 4.04. The fraction of sp³-hybridized carbons (Fsp3) is 0.421. The summed E-state index contributed by atoms with van der Waals surface area (Å²) in [6, 6.07) is 1.48. The van der Waals surface area contributed by atoms with E-state index in [9.17, 15) is 31.2 Å². The molecule has 1 aliphatic rings. The van der Waals surface area contributed by atoms with Gasteiger partial charge in [-0.3, -0.25) is 19.0 Å². The van der Waals surface area contributed by atoms with Crippen LogP contribution in [0.2, 0.25) is 0 Å². The number of aryl methyl sites for hydroxylation is 2. The summed E-state index contributed by atoms with van der Waals surface area (Å²) in [7, 11) is -1.48. The first-order valence-electron chi connectivity index (χ1n) is 9.78. The molecule has 4 rings (SSSR count). The number of rotatable bonds is 5. The maximum Gasteiger partial charge on any atom is 0.419 e. The van der Waals surface area contributed by atoms with E-state index in [0.717, 1.165) is 16.8 Å². The van der Waals surface area contributed by atoms with E-state index in [1.165, 1.54) is 31.8 Å². The molecule has 0 amide bonds. The summed E-state index contributed by atoms with van der Waals surface area (Å²) in [4.78, 5) is 25.8. The quantitative estimate of drug-likeness (QED) is 0.561. The number of H-pyrrole nitrogens is 1. The van der Waals surface area contributed by atoms with Gasteiger partial charge in [-0.15, -0.1) is 0 Å². The Bertz CT molecular complexity index is 1470. The number of nitrogens with zero attached hydrogens (tertiary/aromatic N) is 3. The van der Waals surface area contributed by atoms with Crippen molar-refractivity contribution in [2.75, 3.05) is 7.11 Å². The zero-order valence-electron chi connectivity index (χ0n) is 17.7. The number of hydrogen-bond donors (Lipinski definition) is 2. The highest BCUT2D eigenvalue weighted by Crippen LogP contribution is 2.37. The number of ether oxygens (including phenoxy) is 1. The number of alkyl halides is 3. The number of methoxy groups -OCH3 is 1. The summed E-state index contributed by atoms with van der Waals surface area (Å²) in [6.07, 6.45) is -3.11. The predicted octanol–water partition coefficient (Wildman–Crippen LogP) is 1.44. The average Bonchev–Trinajstić information content (AvgIpc) is 3.09. The zero-order chi connectivity index (χ0) is 24.3. The second-order valence-electron chi connectivity index (χ2n) is 7.89. The number of aromatic amines is 1. The van der Waals surface area contributed by atoms with Gasteiger partial charge in [-0.1, -0.05) is 0 Å². The van der Waals surface area contributed by atoms with E-state index in [0.29, 0.717) is 0 Å². The van der Waals surface area contributed by atoms with Crippen molar-refractivity contribution in [3.63, 3.8) is 0 Å². The van der Waals surface area contributed by atoms with Crippen LogP contribution in [0.4, 0.5) is 13.2 Å². The van der Waals surface area contributed by atoms with Gasteiger partial charge < -0.3 is 4.74 Å².